The molecular formula is C5H7KNO3. The fraction of sp³-hybridized carbons (Fsp3) is 0.600. The number of rotatable bonds is 1. The number of hydrogen-bond donors (Lipinski definition) is 2. The number of carbonyl (C=O) groups excluding carboxylic acids is 1. The summed E-state index contributed by atoms with van der Waals surface area (Å²) < 4.78 is 0. The molecular weight excluding hydrogens is 161 g/mol. The van der Waals surface area contributed by atoms with E-state index in [2.05, 4.69) is 5.32 Å². The van der Waals surface area contributed by atoms with Gasteiger partial charge in [0.2, 0.25) is 5.91 Å². The van der Waals surface area contributed by atoms with Crippen molar-refractivity contribution in [2.24, 2.45) is 0 Å². The van der Waals surface area contributed by atoms with Crippen molar-refractivity contribution >= 4 is 63.3 Å². The van der Waals surface area contributed by atoms with Crippen molar-refractivity contribution in [3.05, 3.63) is 0 Å². The maximum absolute atomic E-state index is 10.4. The van der Waals surface area contributed by atoms with E-state index < -0.39 is 12.0 Å². The molecule has 1 atom stereocenters. The van der Waals surface area contributed by atoms with Crippen molar-refractivity contribution < 1.29 is 14.7 Å². The minimum Gasteiger partial charge on any atom is -0.480 e. The Morgan fingerprint density at radius 1 is 1.70 bits per heavy atom. The number of aliphatic carboxylic acids is 1. The monoisotopic (exact) mass is 168 g/mol. The van der Waals surface area contributed by atoms with Gasteiger partial charge in [0.1, 0.15) is 6.04 Å². The first-order valence-corrected chi connectivity index (χ1v) is 2.72. The molecule has 10 heavy (non-hydrogen) atoms. The molecule has 0 aliphatic carbocycles. The molecule has 1 aliphatic rings. The van der Waals surface area contributed by atoms with Crippen molar-refractivity contribution in [1.82, 2.24) is 5.32 Å². The van der Waals surface area contributed by atoms with Crippen molar-refractivity contribution in [3.8, 4) is 0 Å². The normalized spacial score (nSPS) is 23.2. The summed E-state index contributed by atoms with van der Waals surface area (Å²) in [5.74, 6) is -1.11. The van der Waals surface area contributed by atoms with Crippen LogP contribution in [0.4, 0.5) is 0 Å². The van der Waals surface area contributed by atoms with E-state index in [1.807, 2.05) is 0 Å². The summed E-state index contributed by atoms with van der Waals surface area (Å²) in [5, 5.41) is 10.6. The summed E-state index contributed by atoms with van der Waals surface area (Å²) in [6, 6.07) is -0.641. The van der Waals surface area contributed by atoms with Crippen LogP contribution in [0.25, 0.3) is 0 Å². The third kappa shape index (κ3) is 2.67. The van der Waals surface area contributed by atoms with Gasteiger partial charge in [0.05, 0.1) is 0 Å². The minimum atomic E-state index is -0.944. The summed E-state index contributed by atoms with van der Waals surface area (Å²) in [6.07, 6.45) is 0.769. The maximum atomic E-state index is 10.4. The molecule has 1 fully saturated rings. The van der Waals surface area contributed by atoms with Gasteiger partial charge in [-0.3, -0.25) is 4.79 Å². The zero-order valence-corrected chi connectivity index (χ0v) is 8.88. The van der Waals surface area contributed by atoms with Gasteiger partial charge in [0.25, 0.3) is 0 Å². The Morgan fingerprint density at radius 2 is 2.30 bits per heavy atom. The Labute approximate surface area is 101 Å². The van der Waals surface area contributed by atoms with E-state index in [1.165, 1.54) is 0 Å². The van der Waals surface area contributed by atoms with Gasteiger partial charge in [-0.15, -0.1) is 0 Å². The van der Waals surface area contributed by atoms with Gasteiger partial charge in [-0.2, -0.15) is 0 Å². The predicted molar refractivity (Wildman–Crippen MR) is 34.6 cm³/mol. The first kappa shape index (κ1) is 10.6. The molecule has 1 radical (unpaired) electrons. The number of carbonyl (C=O) groups is 2. The van der Waals surface area contributed by atoms with E-state index in [-0.39, 0.29) is 57.3 Å². The Balaban J connectivity index is 0.000000810. The minimum absolute atomic E-state index is 0. The molecule has 0 bridgehead atoms. The molecule has 5 heteroatoms. The van der Waals surface area contributed by atoms with Crippen LogP contribution in [-0.2, 0) is 9.59 Å². The van der Waals surface area contributed by atoms with E-state index >= 15 is 0 Å². The molecule has 0 aromatic carbocycles. The van der Waals surface area contributed by atoms with Crippen LogP contribution in [-0.4, -0.2) is 74.4 Å². The number of carboxylic acids is 1. The summed E-state index contributed by atoms with van der Waals surface area (Å²) >= 11 is 0. The van der Waals surface area contributed by atoms with Gasteiger partial charge in [0, 0.05) is 57.8 Å². The second-order valence-corrected chi connectivity index (χ2v) is 2.00. The third-order valence-corrected chi connectivity index (χ3v) is 1.29. The molecule has 0 aromatic rings. The maximum Gasteiger partial charge on any atom is 0.326 e. The van der Waals surface area contributed by atoms with Crippen LogP contribution in [0.5, 0.6) is 0 Å². The van der Waals surface area contributed by atoms with Gasteiger partial charge in [-0.25, -0.2) is 4.79 Å². The number of amides is 1. The summed E-state index contributed by atoms with van der Waals surface area (Å²) in [6.45, 7) is 0. The van der Waals surface area contributed by atoms with Crippen molar-refractivity contribution in [2.45, 2.75) is 18.9 Å². The van der Waals surface area contributed by atoms with Crippen LogP contribution in [0.2, 0.25) is 0 Å². The Morgan fingerprint density at radius 3 is 2.50 bits per heavy atom. The van der Waals surface area contributed by atoms with Crippen LogP contribution in [0.1, 0.15) is 12.8 Å². The van der Waals surface area contributed by atoms with Crippen molar-refractivity contribution in [1.29, 1.82) is 0 Å². The second kappa shape index (κ2) is 4.45. The molecule has 1 aliphatic heterocycles. The van der Waals surface area contributed by atoms with Gasteiger partial charge in [-0.05, 0) is 6.42 Å². The van der Waals surface area contributed by atoms with E-state index in [0.29, 0.717) is 12.8 Å². The largest absolute Gasteiger partial charge is 0.480 e. The van der Waals surface area contributed by atoms with Crippen LogP contribution in [0.3, 0.4) is 0 Å². The quantitative estimate of drug-likeness (QED) is 0.492. The fourth-order valence-electron chi connectivity index (χ4n) is 0.799. The topological polar surface area (TPSA) is 66.4 Å². The van der Waals surface area contributed by atoms with Crippen LogP contribution in [0, 0.1) is 0 Å². The SMILES string of the molecule is O=C1CCC(C(=O)O)N1.[K]. The molecule has 51 valence electrons. The molecule has 0 saturated carbocycles. The zero-order chi connectivity index (χ0) is 6.85. The summed E-state index contributed by atoms with van der Waals surface area (Å²) in [5.41, 5.74) is 0. The first-order chi connectivity index (χ1) is 4.20. The molecule has 0 aromatic heterocycles. The van der Waals surface area contributed by atoms with Crippen LogP contribution < -0.4 is 5.32 Å². The average Bonchev–Trinajstić information content (AvgIpc) is 2.14. The van der Waals surface area contributed by atoms with Crippen LogP contribution >= 0.6 is 0 Å². The molecule has 1 unspecified atom stereocenters. The molecule has 4 nitrogen and oxygen atoms in total. The zero-order valence-electron chi connectivity index (χ0n) is 5.76. The standard InChI is InChI=1S/C5H7NO3.K/c7-4-2-1-3(6-4)5(8)9;/h3H,1-2H2,(H,6,7)(H,8,9);. The summed E-state index contributed by atoms with van der Waals surface area (Å²) in [7, 11) is 0. The summed E-state index contributed by atoms with van der Waals surface area (Å²) in [4.78, 5) is 20.5. The number of hydrogen-bond acceptors (Lipinski definition) is 2. The third-order valence-electron chi connectivity index (χ3n) is 1.29. The first-order valence-electron chi connectivity index (χ1n) is 2.72. The smallest absolute Gasteiger partial charge is 0.326 e. The van der Waals surface area contributed by atoms with Gasteiger partial charge in [0.15, 0.2) is 0 Å². The van der Waals surface area contributed by atoms with Gasteiger partial charge in [-0.1, -0.05) is 0 Å². The van der Waals surface area contributed by atoms with Crippen molar-refractivity contribution in [2.75, 3.05) is 0 Å². The Hall–Kier alpha value is 0.576. The molecule has 1 heterocycles. The predicted octanol–water partition coefficient (Wildman–Crippen LogP) is -1.03. The molecule has 1 rings (SSSR count). The second-order valence-electron chi connectivity index (χ2n) is 2.00. The van der Waals surface area contributed by atoms with Gasteiger partial charge < -0.3 is 10.4 Å². The average molecular weight is 168 g/mol. The number of carboxylic acid groups (broad SMARTS) is 1. The van der Waals surface area contributed by atoms with Crippen molar-refractivity contribution in [3.63, 3.8) is 0 Å². The fourth-order valence-corrected chi connectivity index (χ4v) is 0.799. The molecule has 2 N–H and O–H groups in total. The van der Waals surface area contributed by atoms with Gasteiger partial charge >= 0.3 is 5.97 Å². The number of nitrogens with one attached hydrogen (secondary N) is 1. The van der Waals surface area contributed by atoms with E-state index in [9.17, 15) is 9.59 Å². The Bertz CT molecular complexity index is 159. The van der Waals surface area contributed by atoms with E-state index in [4.69, 9.17) is 5.11 Å². The Kier molecular flexibility index (Phi) is 4.71. The molecule has 1 saturated heterocycles. The van der Waals surface area contributed by atoms with E-state index in [1.54, 1.807) is 0 Å². The van der Waals surface area contributed by atoms with E-state index in [0.717, 1.165) is 0 Å². The molecule has 1 amide bonds. The van der Waals surface area contributed by atoms with Crippen LogP contribution in [0.15, 0.2) is 0 Å². The molecule has 0 spiro atoms.